The minimum Gasteiger partial charge on any atom is -0.0767 e. The molecule has 9 rings (SSSR count). The van der Waals surface area contributed by atoms with Crippen LogP contribution in [0.15, 0.2) is 218 Å². The van der Waals surface area contributed by atoms with Gasteiger partial charge in [0.15, 0.2) is 0 Å². The van der Waals surface area contributed by atoms with Crippen LogP contribution in [0.5, 0.6) is 0 Å². The van der Waals surface area contributed by atoms with Gasteiger partial charge in [-0.1, -0.05) is 268 Å². The maximum absolute atomic E-state index is 2.37. The molecule has 0 atom stereocenters. The quantitative estimate of drug-likeness (QED) is 0.134. The summed E-state index contributed by atoms with van der Waals surface area (Å²) in [6.45, 7) is 14.8. The molecule has 0 aliphatic heterocycles. The van der Waals surface area contributed by atoms with E-state index >= 15 is 0 Å². The minimum absolute atomic E-state index is 1.07. The molecule has 0 fully saturated rings. The minimum atomic E-state index is 1.07. The monoisotopic (exact) mass is 818 g/mol. The van der Waals surface area contributed by atoms with Crippen LogP contribution in [0.1, 0.15) is 67.0 Å². The SMILES string of the molecule is CC.CCC/C=C(\C=C/c1c(-c2cccc3cccc(C)c23)ccc2ccccc12)c1ccc(C)cc1.Cc1cccc(-c2ccccc2)c1.Cc1cccc(-c2ccccc2)c1. The highest BCUT2D eigenvalue weighted by molar-refractivity contribution is 6.05. The lowest BCUT2D eigenvalue weighted by Gasteiger charge is -2.15. The van der Waals surface area contributed by atoms with E-state index < -0.39 is 0 Å². The molecule has 0 aliphatic rings. The molecule has 0 N–H and O–H groups in total. The van der Waals surface area contributed by atoms with Crippen molar-refractivity contribution in [1.82, 2.24) is 0 Å². The lowest BCUT2D eigenvalue weighted by atomic mass is 9.89. The molecule has 0 unspecified atom stereocenters. The molecule has 0 spiro atoms. The van der Waals surface area contributed by atoms with E-state index in [1.54, 1.807) is 0 Å². The highest BCUT2D eigenvalue weighted by Gasteiger charge is 2.12. The van der Waals surface area contributed by atoms with Crippen LogP contribution in [0, 0.1) is 27.7 Å². The van der Waals surface area contributed by atoms with Gasteiger partial charge in [0.05, 0.1) is 0 Å². The van der Waals surface area contributed by atoms with Gasteiger partial charge < -0.3 is 0 Å². The predicted molar refractivity (Wildman–Crippen MR) is 279 cm³/mol. The second kappa shape index (κ2) is 23.3. The van der Waals surface area contributed by atoms with Gasteiger partial charge in [-0.3, -0.25) is 0 Å². The van der Waals surface area contributed by atoms with E-state index in [0.717, 1.165) is 12.8 Å². The molecular formula is C63H62. The zero-order valence-electron chi connectivity index (χ0n) is 38.3. The van der Waals surface area contributed by atoms with Gasteiger partial charge in [0.25, 0.3) is 0 Å². The third-order valence-corrected chi connectivity index (χ3v) is 11.1. The summed E-state index contributed by atoms with van der Waals surface area (Å²) in [4.78, 5) is 0. The number of aryl methyl sites for hydroxylation is 4. The first kappa shape index (κ1) is 45.5. The van der Waals surface area contributed by atoms with Gasteiger partial charge >= 0.3 is 0 Å². The van der Waals surface area contributed by atoms with Crippen LogP contribution >= 0.6 is 0 Å². The number of fused-ring (bicyclic) bond motifs is 2. The van der Waals surface area contributed by atoms with Gasteiger partial charge in [0.1, 0.15) is 0 Å². The van der Waals surface area contributed by atoms with Crippen LogP contribution < -0.4 is 0 Å². The Hall–Kier alpha value is -7.02. The molecule has 9 aromatic rings. The molecule has 0 nitrogen and oxygen atoms in total. The zero-order chi connectivity index (χ0) is 44.4. The van der Waals surface area contributed by atoms with E-state index in [4.69, 9.17) is 0 Å². The molecule has 63 heavy (non-hydrogen) atoms. The summed E-state index contributed by atoms with van der Waals surface area (Å²) in [5.41, 5.74) is 16.7. The summed E-state index contributed by atoms with van der Waals surface area (Å²) in [7, 11) is 0. The first-order valence-electron chi connectivity index (χ1n) is 22.6. The Kier molecular flexibility index (Phi) is 16.8. The van der Waals surface area contributed by atoms with Crippen molar-refractivity contribution in [1.29, 1.82) is 0 Å². The summed E-state index contributed by atoms with van der Waals surface area (Å²) >= 11 is 0. The number of allylic oxidation sites excluding steroid dienone is 3. The molecule has 0 radical (unpaired) electrons. The second-order valence-electron chi connectivity index (χ2n) is 15.8. The van der Waals surface area contributed by atoms with E-state index in [0.29, 0.717) is 0 Å². The third-order valence-electron chi connectivity index (χ3n) is 11.1. The van der Waals surface area contributed by atoms with Crippen LogP contribution in [0.25, 0.3) is 66.6 Å². The number of unbranched alkanes of at least 4 members (excludes halogenated alkanes) is 1. The van der Waals surface area contributed by atoms with E-state index in [1.165, 1.54) is 93.9 Å². The van der Waals surface area contributed by atoms with Crippen molar-refractivity contribution in [3.05, 3.63) is 252 Å². The van der Waals surface area contributed by atoms with Gasteiger partial charge in [-0.15, -0.1) is 0 Å². The number of hydrogen-bond acceptors (Lipinski definition) is 0. The van der Waals surface area contributed by atoms with Crippen molar-refractivity contribution in [3.63, 3.8) is 0 Å². The first-order chi connectivity index (χ1) is 30.9. The smallest absolute Gasteiger partial charge is 0.00759 e. The molecule has 0 bridgehead atoms. The Morgan fingerprint density at radius 3 is 1.54 bits per heavy atom. The second-order valence-corrected chi connectivity index (χ2v) is 15.8. The topological polar surface area (TPSA) is 0 Å². The molecule has 0 saturated heterocycles. The van der Waals surface area contributed by atoms with E-state index in [2.05, 4.69) is 247 Å². The fourth-order valence-electron chi connectivity index (χ4n) is 7.87. The third kappa shape index (κ3) is 12.3. The summed E-state index contributed by atoms with van der Waals surface area (Å²) in [5.74, 6) is 0. The van der Waals surface area contributed by atoms with Crippen LogP contribution in [0.4, 0.5) is 0 Å². The Balaban J connectivity index is 0.000000191. The number of hydrogen-bond donors (Lipinski definition) is 0. The molecule has 0 heterocycles. The molecule has 0 heteroatoms. The van der Waals surface area contributed by atoms with Crippen LogP contribution in [0.2, 0.25) is 0 Å². The Labute approximate surface area is 378 Å². The molecule has 0 amide bonds. The van der Waals surface area contributed by atoms with Crippen molar-refractivity contribution >= 4 is 33.2 Å². The van der Waals surface area contributed by atoms with Crippen molar-refractivity contribution < 1.29 is 0 Å². The Bertz CT molecular complexity index is 2790. The standard InChI is InChI=1S/C35H32.2C13H12.C2H6/c1-4-5-11-27(28-19-17-25(2)18-20-28)21-23-32-31-15-7-6-12-29(31)22-24-33(32)34-16-9-14-30-13-8-10-26(3)35(30)34;2*1-11-6-5-9-13(10-11)12-7-3-2-4-8-12;1-2/h6-24H,4-5H2,1-3H3;2*2-10H,1H3;1-2H3/b23-21-,27-11+;;;. The highest BCUT2D eigenvalue weighted by atomic mass is 14.2. The van der Waals surface area contributed by atoms with E-state index in [1.807, 2.05) is 26.0 Å². The molecule has 9 aromatic carbocycles. The summed E-state index contributed by atoms with van der Waals surface area (Å²) < 4.78 is 0. The first-order valence-corrected chi connectivity index (χ1v) is 22.6. The van der Waals surface area contributed by atoms with Crippen molar-refractivity contribution in [2.75, 3.05) is 0 Å². The van der Waals surface area contributed by atoms with Crippen molar-refractivity contribution in [2.45, 2.75) is 61.3 Å². The van der Waals surface area contributed by atoms with Gasteiger partial charge in [0.2, 0.25) is 0 Å². The maximum Gasteiger partial charge on any atom is -0.00759 e. The van der Waals surface area contributed by atoms with Crippen molar-refractivity contribution in [2.24, 2.45) is 0 Å². The summed E-state index contributed by atoms with van der Waals surface area (Å²) in [6.07, 6.45) is 9.21. The van der Waals surface area contributed by atoms with Gasteiger partial charge in [-0.2, -0.15) is 0 Å². The van der Waals surface area contributed by atoms with Gasteiger partial charge in [0, 0.05) is 0 Å². The average molecular weight is 819 g/mol. The summed E-state index contributed by atoms with van der Waals surface area (Å²) in [6, 6.07) is 73.4. The van der Waals surface area contributed by atoms with Gasteiger partial charge in [-0.25, -0.2) is 0 Å². The fourth-order valence-corrected chi connectivity index (χ4v) is 7.87. The normalized spacial score (nSPS) is 10.9. The average Bonchev–Trinajstić information content (AvgIpc) is 3.33. The fraction of sp³-hybridized carbons (Fsp3) is 0.143. The number of benzene rings is 9. The lowest BCUT2D eigenvalue weighted by molar-refractivity contribution is 0.960. The Morgan fingerprint density at radius 1 is 0.429 bits per heavy atom. The van der Waals surface area contributed by atoms with E-state index in [9.17, 15) is 0 Å². The van der Waals surface area contributed by atoms with Gasteiger partial charge in [-0.05, 0) is 111 Å². The lowest BCUT2D eigenvalue weighted by Crippen LogP contribution is -1.90. The van der Waals surface area contributed by atoms with Crippen LogP contribution in [-0.4, -0.2) is 0 Å². The van der Waals surface area contributed by atoms with Crippen LogP contribution in [0.3, 0.4) is 0 Å². The maximum atomic E-state index is 2.37. The largest absolute Gasteiger partial charge is 0.0767 e. The van der Waals surface area contributed by atoms with Crippen LogP contribution in [-0.2, 0) is 0 Å². The molecule has 0 aromatic heterocycles. The van der Waals surface area contributed by atoms with E-state index in [-0.39, 0.29) is 0 Å². The number of rotatable bonds is 8. The Morgan fingerprint density at radius 2 is 0.952 bits per heavy atom. The molecule has 314 valence electrons. The molecule has 0 aliphatic carbocycles. The summed E-state index contributed by atoms with van der Waals surface area (Å²) in [5, 5.41) is 5.17. The predicted octanol–water partition coefficient (Wildman–Crippen LogP) is 18.5. The molecule has 0 saturated carbocycles. The zero-order valence-corrected chi connectivity index (χ0v) is 38.3. The van der Waals surface area contributed by atoms with Crippen molar-refractivity contribution in [3.8, 4) is 33.4 Å². The highest BCUT2D eigenvalue weighted by Crippen LogP contribution is 2.37. The molecular weight excluding hydrogens is 757 g/mol.